The van der Waals surface area contributed by atoms with Crippen LogP contribution in [0.4, 0.5) is 0 Å². The maximum Gasteiger partial charge on any atom is 0.320 e. The van der Waals surface area contributed by atoms with Crippen LogP contribution < -0.4 is 22.9 Å². The molecule has 0 heterocycles. The van der Waals surface area contributed by atoms with Gasteiger partial charge in [0.15, 0.2) is 0 Å². The topological polar surface area (TPSA) is 193 Å². The number of rotatable bonds is 9. The summed E-state index contributed by atoms with van der Waals surface area (Å²) in [5.74, 6) is -2.30. The fourth-order valence-electron chi connectivity index (χ4n) is 1.02. The lowest BCUT2D eigenvalue weighted by atomic mass is 10.2. The van der Waals surface area contributed by atoms with Gasteiger partial charge in [-0.2, -0.15) is 0 Å². The Morgan fingerprint density at radius 2 is 1.15 bits per heavy atom. The van der Waals surface area contributed by atoms with Crippen molar-refractivity contribution in [2.45, 2.75) is 44.6 Å². The summed E-state index contributed by atoms with van der Waals surface area (Å²) >= 11 is 0. The van der Waals surface area contributed by atoms with Gasteiger partial charge in [0.2, 0.25) is 17.7 Å². The maximum atomic E-state index is 10.2. The highest BCUT2D eigenvalue weighted by Gasteiger charge is 2.11. The zero-order valence-electron chi connectivity index (χ0n) is 11.2. The molecule has 0 rings (SSSR count). The van der Waals surface area contributed by atoms with Gasteiger partial charge in [-0.25, -0.2) is 0 Å². The Kier molecular flexibility index (Phi) is 12.0. The van der Waals surface area contributed by atoms with Crippen molar-refractivity contribution >= 4 is 23.7 Å². The molecule has 0 radical (unpaired) electrons. The number of primary amides is 3. The molecule has 1 atom stereocenters. The van der Waals surface area contributed by atoms with Crippen molar-refractivity contribution in [3.8, 4) is 0 Å². The smallest absolute Gasteiger partial charge is 0.320 e. The van der Waals surface area contributed by atoms with E-state index in [4.69, 9.17) is 28.0 Å². The Labute approximate surface area is 116 Å². The van der Waals surface area contributed by atoms with Gasteiger partial charge < -0.3 is 28.0 Å². The summed E-state index contributed by atoms with van der Waals surface area (Å²) in [6.45, 7) is 0. The van der Waals surface area contributed by atoms with Crippen molar-refractivity contribution in [2.75, 3.05) is 0 Å². The highest BCUT2D eigenvalue weighted by molar-refractivity contribution is 5.77. The third-order valence-electron chi connectivity index (χ3n) is 2.12. The SMILES string of the molecule is NC(=O)CCC(N)C(=O)O.NC(=O)CCCCC(N)=O. The van der Waals surface area contributed by atoms with Crippen LogP contribution in [0, 0.1) is 0 Å². The molecule has 116 valence electrons. The molecule has 0 aliphatic rings. The molecular weight excluding hydrogens is 268 g/mol. The molecule has 0 saturated carbocycles. The summed E-state index contributed by atoms with van der Waals surface area (Å²) in [5, 5.41) is 8.22. The van der Waals surface area contributed by atoms with E-state index in [1.54, 1.807) is 0 Å². The molecule has 9 N–H and O–H groups in total. The van der Waals surface area contributed by atoms with Gasteiger partial charge in [0, 0.05) is 19.3 Å². The van der Waals surface area contributed by atoms with E-state index in [1.165, 1.54) is 0 Å². The van der Waals surface area contributed by atoms with Crippen molar-refractivity contribution in [3.63, 3.8) is 0 Å². The fraction of sp³-hybridized carbons (Fsp3) is 0.636. The molecule has 20 heavy (non-hydrogen) atoms. The number of hydrogen-bond donors (Lipinski definition) is 5. The van der Waals surface area contributed by atoms with Crippen LogP contribution in [-0.2, 0) is 19.2 Å². The lowest BCUT2D eigenvalue weighted by Crippen LogP contribution is -2.31. The van der Waals surface area contributed by atoms with Gasteiger partial charge in [0.05, 0.1) is 0 Å². The number of carbonyl (C=O) groups is 4. The number of carboxylic acid groups (broad SMARTS) is 1. The molecule has 9 heteroatoms. The maximum absolute atomic E-state index is 10.2. The largest absolute Gasteiger partial charge is 0.480 e. The van der Waals surface area contributed by atoms with E-state index >= 15 is 0 Å². The Morgan fingerprint density at radius 3 is 1.40 bits per heavy atom. The van der Waals surface area contributed by atoms with Crippen molar-refractivity contribution in [1.29, 1.82) is 0 Å². The summed E-state index contributed by atoms with van der Waals surface area (Å²) in [6.07, 6.45) is 2.11. The van der Waals surface area contributed by atoms with Crippen molar-refractivity contribution in [3.05, 3.63) is 0 Å². The molecule has 0 aliphatic carbocycles. The molecule has 0 spiro atoms. The van der Waals surface area contributed by atoms with Crippen LogP contribution >= 0.6 is 0 Å². The van der Waals surface area contributed by atoms with Gasteiger partial charge in [-0.1, -0.05) is 0 Å². The second-order valence-electron chi connectivity index (χ2n) is 4.09. The summed E-state index contributed by atoms with van der Waals surface area (Å²) in [5.41, 5.74) is 19.5. The highest BCUT2D eigenvalue weighted by Crippen LogP contribution is 1.97. The highest BCUT2D eigenvalue weighted by atomic mass is 16.4. The normalized spacial score (nSPS) is 10.8. The van der Waals surface area contributed by atoms with Crippen molar-refractivity contribution in [1.82, 2.24) is 0 Å². The van der Waals surface area contributed by atoms with Gasteiger partial charge in [0.1, 0.15) is 6.04 Å². The summed E-state index contributed by atoms with van der Waals surface area (Å²) in [4.78, 5) is 40.4. The Hall–Kier alpha value is -2.16. The first-order valence-electron chi connectivity index (χ1n) is 6.00. The first-order chi connectivity index (χ1) is 9.16. The van der Waals surface area contributed by atoms with E-state index in [1.807, 2.05) is 0 Å². The number of nitrogens with two attached hydrogens (primary N) is 4. The molecule has 1 unspecified atom stereocenters. The zero-order chi connectivity index (χ0) is 16.1. The van der Waals surface area contributed by atoms with Crippen LogP contribution in [0.15, 0.2) is 0 Å². The number of unbranched alkanes of at least 4 members (excludes halogenated alkanes) is 1. The summed E-state index contributed by atoms with van der Waals surface area (Å²) in [7, 11) is 0. The van der Waals surface area contributed by atoms with E-state index in [9.17, 15) is 19.2 Å². The van der Waals surface area contributed by atoms with Crippen LogP contribution in [0.3, 0.4) is 0 Å². The minimum absolute atomic E-state index is 0.0213. The number of amides is 3. The molecule has 0 aliphatic heterocycles. The standard InChI is InChI=1S/C6H12N2O2.C5H10N2O3/c7-5(9)3-1-2-4-6(8)10;6-3(5(9)10)1-2-4(7)8/h1-4H2,(H2,7,9)(H2,8,10);3H,1-2,6H2,(H2,7,8)(H,9,10). The second kappa shape index (κ2) is 11.9. The Bertz CT molecular complexity index is 330. The zero-order valence-corrected chi connectivity index (χ0v) is 11.2. The lowest BCUT2D eigenvalue weighted by Gasteiger charge is -2.01. The average molecular weight is 290 g/mol. The van der Waals surface area contributed by atoms with Gasteiger partial charge in [-0.05, 0) is 19.3 Å². The summed E-state index contributed by atoms with van der Waals surface area (Å²) < 4.78 is 0. The van der Waals surface area contributed by atoms with Crippen LogP contribution in [0.25, 0.3) is 0 Å². The fourth-order valence-corrected chi connectivity index (χ4v) is 1.02. The van der Waals surface area contributed by atoms with Gasteiger partial charge >= 0.3 is 5.97 Å². The molecule has 0 saturated heterocycles. The van der Waals surface area contributed by atoms with Crippen LogP contribution in [0.1, 0.15) is 38.5 Å². The van der Waals surface area contributed by atoms with Crippen LogP contribution in [-0.4, -0.2) is 34.8 Å². The first-order valence-corrected chi connectivity index (χ1v) is 6.00. The molecule has 9 nitrogen and oxygen atoms in total. The third-order valence-corrected chi connectivity index (χ3v) is 2.12. The summed E-state index contributed by atoms with van der Waals surface area (Å²) in [6, 6.07) is -0.979. The predicted molar refractivity (Wildman–Crippen MR) is 70.9 cm³/mol. The number of carboxylic acids is 1. The van der Waals surface area contributed by atoms with Crippen LogP contribution in [0.5, 0.6) is 0 Å². The van der Waals surface area contributed by atoms with Crippen molar-refractivity contribution in [2.24, 2.45) is 22.9 Å². The molecule has 3 amide bonds. The van der Waals surface area contributed by atoms with E-state index < -0.39 is 17.9 Å². The van der Waals surface area contributed by atoms with E-state index in [-0.39, 0.29) is 24.7 Å². The van der Waals surface area contributed by atoms with Crippen molar-refractivity contribution < 1.29 is 24.3 Å². The second-order valence-corrected chi connectivity index (χ2v) is 4.09. The Morgan fingerprint density at radius 1 is 0.800 bits per heavy atom. The quantitative estimate of drug-likeness (QED) is 0.310. The monoisotopic (exact) mass is 290 g/mol. The predicted octanol–water partition coefficient (Wildman–Crippen LogP) is -1.82. The minimum Gasteiger partial charge on any atom is -0.480 e. The molecule has 0 fully saturated rings. The molecular formula is C11H22N4O5. The average Bonchev–Trinajstić information content (AvgIpc) is 2.31. The number of aliphatic carboxylic acids is 1. The number of carbonyl (C=O) groups excluding carboxylic acids is 3. The molecule has 0 aromatic heterocycles. The van der Waals surface area contributed by atoms with Gasteiger partial charge in [-0.3, -0.25) is 19.2 Å². The number of hydrogen-bond acceptors (Lipinski definition) is 5. The Balaban J connectivity index is 0. The third kappa shape index (κ3) is 18.2. The minimum atomic E-state index is -1.11. The lowest BCUT2D eigenvalue weighted by molar-refractivity contribution is -0.138. The molecule has 0 aromatic rings. The van der Waals surface area contributed by atoms with Gasteiger partial charge in [-0.15, -0.1) is 0 Å². The first kappa shape index (κ1) is 20.2. The van der Waals surface area contributed by atoms with E-state index in [2.05, 4.69) is 0 Å². The van der Waals surface area contributed by atoms with Gasteiger partial charge in [0.25, 0.3) is 0 Å². The molecule has 0 bridgehead atoms. The van der Waals surface area contributed by atoms with E-state index in [0.717, 1.165) is 0 Å². The molecule has 0 aromatic carbocycles. The van der Waals surface area contributed by atoms with E-state index in [0.29, 0.717) is 25.7 Å². The van der Waals surface area contributed by atoms with Crippen LogP contribution in [0.2, 0.25) is 0 Å².